The monoisotopic (exact) mass is 451 g/mol. The van der Waals surface area contributed by atoms with Gasteiger partial charge in [-0.15, -0.1) is 0 Å². The number of nitrogens with zero attached hydrogens (tertiary/aromatic N) is 1. The molecule has 30 heavy (non-hydrogen) atoms. The molecule has 0 saturated heterocycles. The van der Waals surface area contributed by atoms with E-state index < -0.39 is 48.9 Å². The van der Waals surface area contributed by atoms with Gasteiger partial charge in [-0.25, -0.2) is 4.79 Å². The lowest BCUT2D eigenvalue weighted by atomic mass is 10.00. The van der Waals surface area contributed by atoms with E-state index in [-0.39, 0.29) is 13.2 Å². The molecule has 3 atom stereocenters. The molecule has 0 rings (SSSR count). The average Bonchev–Trinajstić information content (AvgIpc) is 2.59. The summed E-state index contributed by atoms with van der Waals surface area (Å²) in [6.45, 7) is 13.6. The largest absolute Gasteiger partial charge is 0.465 e. The van der Waals surface area contributed by atoms with Crippen LogP contribution in [-0.2, 0) is 23.2 Å². The highest BCUT2D eigenvalue weighted by Gasteiger charge is 2.38. The van der Waals surface area contributed by atoms with Gasteiger partial charge in [0.25, 0.3) is 0 Å². The third kappa shape index (κ3) is 8.24. The maximum Gasteiger partial charge on any atom is 0.408 e. The van der Waals surface area contributed by atoms with Crippen molar-refractivity contribution in [1.82, 2.24) is 15.5 Å². The van der Waals surface area contributed by atoms with Gasteiger partial charge in [0.2, 0.25) is 11.8 Å². The van der Waals surface area contributed by atoms with E-state index in [0.29, 0.717) is 12.8 Å². The van der Waals surface area contributed by atoms with Crippen molar-refractivity contribution in [3.8, 4) is 0 Å². The molecule has 0 saturated carbocycles. The highest BCUT2D eigenvalue weighted by molar-refractivity contribution is 7.54. The smallest absolute Gasteiger partial charge is 0.408 e. The summed E-state index contributed by atoms with van der Waals surface area (Å²) >= 11 is 0. The molecule has 1 unspecified atom stereocenters. The first-order valence-electron chi connectivity index (χ1n) is 10.3. The lowest BCUT2D eigenvalue weighted by Gasteiger charge is -2.39. The standard InChI is InChI=1S/C19H38N3O7P/c1-9-12-15(22(18(25)26)19(6,7)8)17(24)20-13(4)16(23)21-14(5)30(27,28-10-2)29-11-3/h13-15H,9-12H2,1-8H3,(H,20,24)(H,21,23)(H,25,26)/t13-,14?,15-/m0/s1. The summed E-state index contributed by atoms with van der Waals surface area (Å²) in [5, 5.41) is 14.7. The minimum Gasteiger partial charge on any atom is -0.465 e. The van der Waals surface area contributed by atoms with Gasteiger partial charge in [0.15, 0.2) is 0 Å². The minimum absolute atomic E-state index is 0.153. The van der Waals surface area contributed by atoms with Gasteiger partial charge in [-0.3, -0.25) is 19.1 Å². The number of rotatable bonds is 12. The first-order chi connectivity index (χ1) is 13.7. The summed E-state index contributed by atoms with van der Waals surface area (Å²) in [7, 11) is -3.55. The van der Waals surface area contributed by atoms with E-state index in [4.69, 9.17) is 9.05 Å². The molecule has 0 heterocycles. The minimum atomic E-state index is -3.55. The number of amides is 3. The van der Waals surface area contributed by atoms with Crippen molar-refractivity contribution < 1.29 is 33.1 Å². The van der Waals surface area contributed by atoms with E-state index in [1.807, 2.05) is 6.92 Å². The van der Waals surface area contributed by atoms with Crippen LogP contribution in [0.1, 0.15) is 68.2 Å². The topological polar surface area (TPSA) is 134 Å². The molecule has 11 heteroatoms. The van der Waals surface area contributed by atoms with E-state index in [0.717, 1.165) is 4.90 Å². The predicted molar refractivity (Wildman–Crippen MR) is 114 cm³/mol. The molecule has 0 spiro atoms. The molecule has 10 nitrogen and oxygen atoms in total. The van der Waals surface area contributed by atoms with Crippen LogP contribution < -0.4 is 10.6 Å². The maximum atomic E-state index is 12.8. The van der Waals surface area contributed by atoms with Crippen molar-refractivity contribution in [2.45, 2.75) is 91.6 Å². The van der Waals surface area contributed by atoms with Crippen molar-refractivity contribution in [2.24, 2.45) is 0 Å². The molecule has 0 aliphatic heterocycles. The number of carbonyl (C=O) groups excluding carboxylic acids is 2. The highest BCUT2D eigenvalue weighted by atomic mass is 31.2. The van der Waals surface area contributed by atoms with Crippen LogP contribution in [0.2, 0.25) is 0 Å². The third-order valence-corrected chi connectivity index (χ3v) is 6.61. The fourth-order valence-corrected chi connectivity index (χ4v) is 4.47. The molecule has 3 N–H and O–H groups in total. The van der Waals surface area contributed by atoms with Crippen molar-refractivity contribution in [1.29, 1.82) is 0 Å². The van der Waals surface area contributed by atoms with Crippen LogP contribution in [0.3, 0.4) is 0 Å². The zero-order valence-electron chi connectivity index (χ0n) is 19.4. The molecule has 0 aliphatic rings. The maximum absolute atomic E-state index is 12.8. The lowest BCUT2D eigenvalue weighted by Crippen LogP contribution is -2.59. The molecular weight excluding hydrogens is 413 g/mol. The Kier molecular flexibility index (Phi) is 11.6. The lowest BCUT2D eigenvalue weighted by molar-refractivity contribution is -0.132. The molecule has 0 fully saturated rings. The Morgan fingerprint density at radius 2 is 1.50 bits per heavy atom. The van der Waals surface area contributed by atoms with Gasteiger partial charge < -0.3 is 24.8 Å². The second kappa shape index (κ2) is 12.3. The first-order valence-corrected chi connectivity index (χ1v) is 11.9. The summed E-state index contributed by atoms with van der Waals surface area (Å²) in [4.78, 5) is 38.2. The Morgan fingerprint density at radius 3 is 1.87 bits per heavy atom. The van der Waals surface area contributed by atoms with Crippen LogP contribution in [0.25, 0.3) is 0 Å². The van der Waals surface area contributed by atoms with E-state index in [2.05, 4.69) is 10.6 Å². The van der Waals surface area contributed by atoms with E-state index in [1.54, 1.807) is 34.6 Å². The molecule has 176 valence electrons. The van der Waals surface area contributed by atoms with Gasteiger partial charge in [-0.05, 0) is 54.9 Å². The van der Waals surface area contributed by atoms with E-state index in [1.165, 1.54) is 13.8 Å². The second-order valence-electron chi connectivity index (χ2n) is 7.92. The summed E-state index contributed by atoms with van der Waals surface area (Å²) < 4.78 is 23.2. The van der Waals surface area contributed by atoms with Gasteiger partial charge in [0, 0.05) is 5.54 Å². The Labute approximate surface area is 179 Å². The summed E-state index contributed by atoms with van der Waals surface area (Å²) in [6.07, 6.45) is -0.318. The first kappa shape index (κ1) is 28.4. The van der Waals surface area contributed by atoms with Gasteiger partial charge in [-0.1, -0.05) is 13.3 Å². The number of carbonyl (C=O) groups is 3. The van der Waals surface area contributed by atoms with E-state index in [9.17, 15) is 24.1 Å². The number of hydrogen-bond acceptors (Lipinski definition) is 6. The zero-order chi connectivity index (χ0) is 23.7. The molecule has 0 aromatic rings. The van der Waals surface area contributed by atoms with Crippen molar-refractivity contribution in [3.63, 3.8) is 0 Å². The van der Waals surface area contributed by atoms with Crippen molar-refractivity contribution in [2.75, 3.05) is 13.2 Å². The predicted octanol–water partition coefficient (Wildman–Crippen LogP) is 3.17. The van der Waals surface area contributed by atoms with Gasteiger partial charge in [0.05, 0.1) is 13.2 Å². The molecule has 0 bridgehead atoms. The summed E-state index contributed by atoms with van der Waals surface area (Å²) in [5.74, 6) is -2.06. The van der Waals surface area contributed by atoms with Gasteiger partial charge in [0.1, 0.15) is 17.9 Å². The van der Waals surface area contributed by atoms with Crippen LogP contribution >= 0.6 is 7.60 Å². The van der Waals surface area contributed by atoms with E-state index >= 15 is 0 Å². The van der Waals surface area contributed by atoms with Crippen molar-refractivity contribution in [3.05, 3.63) is 0 Å². The third-order valence-electron chi connectivity index (χ3n) is 4.30. The Bertz CT molecular complexity index is 626. The van der Waals surface area contributed by atoms with Gasteiger partial charge in [-0.2, -0.15) is 0 Å². The second-order valence-corrected chi connectivity index (χ2v) is 10.3. The summed E-state index contributed by atoms with van der Waals surface area (Å²) in [5.41, 5.74) is -0.801. The molecule has 0 aromatic heterocycles. The van der Waals surface area contributed by atoms with Crippen LogP contribution in [-0.4, -0.2) is 64.5 Å². The molecule has 0 radical (unpaired) electrons. The zero-order valence-corrected chi connectivity index (χ0v) is 20.2. The van der Waals surface area contributed by atoms with Crippen LogP contribution in [0.15, 0.2) is 0 Å². The molecular formula is C19H38N3O7P. The molecule has 3 amide bonds. The molecule has 0 aromatic carbocycles. The van der Waals surface area contributed by atoms with Gasteiger partial charge >= 0.3 is 13.7 Å². The normalized spacial score (nSPS) is 15.1. The van der Waals surface area contributed by atoms with Crippen LogP contribution in [0, 0.1) is 0 Å². The van der Waals surface area contributed by atoms with Crippen LogP contribution in [0.4, 0.5) is 4.79 Å². The Hall–Kier alpha value is -1.64. The number of carboxylic acid groups (broad SMARTS) is 1. The fraction of sp³-hybridized carbons (Fsp3) is 0.842. The number of nitrogens with one attached hydrogen (secondary N) is 2. The SMILES string of the molecule is CCC[C@@H](C(=O)N[C@@H](C)C(=O)NC(C)P(=O)(OCC)OCC)N(C(=O)O)C(C)(C)C. The fourth-order valence-electron chi connectivity index (χ4n) is 2.94. The Balaban J connectivity index is 5.33. The Morgan fingerprint density at radius 1 is 1.00 bits per heavy atom. The summed E-state index contributed by atoms with van der Waals surface area (Å²) in [6, 6.07) is -1.93. The number of hydrogen-bond donors (Lipinski definition) is 3. The quantitative estimate of drug-likeness (QED) is 0.388. The van der Waals surface area contributed by atoms with Crippen molar-refractivity contribution >= 4 is 25.5 Å². The van der Waals surface area contributed by atoms with Crippen LogP contribution in [0.5, 0.6) is 0 Å². The average molecular weight is 452 g/mol. The molecule has 0 aliphatic carbocycles. The highest BCUT2D eigenvalue weighted by Crippen LogP contribution is 2.51.